The van der Waals surface area contributed by atoms with Crippen molar-refractivity contribution in [1.29, 1.82) is 0 Å². The molecule has 1 aliphatic rings. The van der Waals surface area contributed by atoms with Gasteiger partial charge in [0.2, 0.25) is 0 Å². The van der Waals surface area contributed by atoms with E-state index in [0.717, 1.165) is 26.1 Å². The van der Waals surface area contributed by atoms with Gasteiger partial charge in [-0.1, -0.05) is 0 Å². The van der Waals surface area contributed by atoms with Gasteiger partial charge in [0.1, 0.15) is 5.69 Å². The Bertz CT molecular complexity index is 356. The van der Waals surface area contributed by atoms with Gasteiger partial charge in [-0.3, -0.25) is 4.79 Å². The molecule has 0 saturated carbocycles. The van der Waals surface area contributed by atoms with E-state index in [0.29, 0.717) is 23.8 Å². The van der Waals surface area contributed by atoms with Gasteiger partial charge in [-0.05, 0) is 24.8 Å². The van der Waals surface area contributed by atoms with Gasteiger partial charge in [0.05, 0.1) is 0 Å². The molecule has 0 bridgehead atoms. The molecule has 4 N–H and O–H groups in total. The van der Waals surface area contributed by atoms with Gasteiger partial charge in [0.25, 0.3) is 5.91 Å². The third-order valence-corrected chi connectivity index (χ3v) is 2.84. The van der Waals surface area contributed by atoms with Crippen molar-refractivity contribution in [3.05, 3.63) is 18.0 Å². The van der Waals surface area contributed by atoms with E-state index < -0.39 is 0 Å². The molecule has 5 nitrogen and oxygen atoms in total. The number of carbonyl (C=O) groups excluding carboxylic acids is 1. The molecule has 5 heteroatoms. The number of rotatable bonds is 3. The van der Waals surface area contributed by atoms with E-state index in [2.05, 4.69) is 10.3 Å². The van der Waals surface area contributed by atoms with Crippen LogP contribution in [-0.4, -0.2) is 30.6 Å². The molecule has 0 aromatic carbocycles. The Morgan fingerprint density at radius 1 is 1.56 bits per heavy atom. The Balaban J connectivity index is 1.79. The summed E-state index contributed by atoms with van der Waals surface area (Å²) in [6.07, 6.45) is 3.66. The van der Waals surface area contributed by atoms with Crippen molar-refractivity contribution < 1.29 is 9.53 Å². The highest BCUT2D eigenvalue weighted by Gasteiger charge is 2.15. The number of ether oxygens (including phenoxy) is 1. The fraction of sp³-hybridized carbons (Fsp3) is 0.545. The number of amides is 1. The maximum Gasteiger partial charge on any atom is 0.267 e. The third kappa shape index (κ3) is 2.76. The van der Waals surface area contributed by atoms with Crippen LogP contribution in [0.15, 0.2) is 12.3 Å². The molecule has 0 spiro atoms. The second-order valence-electron chi connectivity index (χ2n) is 4.11. The number of nitrogens with one attached hydrogen (secondary N) is 2. The molecule has 16 heavy (non-hydrogen) atoms. The fourth-order valence-corrected chi connectivity index (χ4v) is 1.82. The van der Waals surface area contributed by atoms with Crippen LogP contribution in [-0.2, 0) is 4.74 Å². The second kappa shape index (κ2) is 5.03. The van der Waals surface area contributed by atoms with E-state index >= 15 is 0 Å². The normalized spacial score (nSPS) is 17.2. The van der Waals surface area contributed by atoms with E-state index in [4.69, 9.17) is 10.5 Å². The molecule has 88 valence electrons. The highest BCUT2D eigenvalue weighted by molar-refractivity contribution is 5.93. The number of nitrogen functional groups attached to an aromatic ring is 1. The van der Waals surface area contributed by atoms with Crippen molar-refractivity contribution in [3.63, 3.8) is 0 Å². The summed E-state index contributed by atoms with van der Waals surface area (Å²) in [5, 5.41) is 2.90. The molecule has 1 aliphatic heterocycles. The zero-order valence-corrected chi connectivity index (χ0v) is 9.16. The summed E-state index contributed by atoms with van der Waals surface area (Å²) in [5.74, 6) is 0.438. The highest BCUT2D eigenvalue weighted by Crippen LogP contribution is 2.13. The Hall–Kier alpha value is -1.49. The zero-order valence-electron chi connectivity index (χ0n) is 9.16. The third-order valence-electron chi connectivity index (χ3n) is 2.84. The molecule has 0 aliphatic carbocycles. The summed E-state index contributed by atoms with van der Waals surface area (Å²) < 4.78 is 5.26. The monoisotopic (exact) mass is 223 g/mol. The van der Waals surface area contributed by atoms with Crippen LogP contribution in [0.5, 0.6) is 0 Å². The van der Waals surface area contributed by atoms with Crippen molar-refractivity contribution in [2.75, 3.05) is 25.5 Å². The van der Waals surface area contributed by atoms with Gasteiger partial charge < -0.3 is 20.8 Å². The second-order valence-corrected chi connectivity index (χ2v) is 4.11. The minimum Gasteiger partial charge on any atom is -0.397 e. The van der Waals surface area contributed by atoms with Crippen molar-refractivity contribution in [2.45, 2.75) is 12.8 Å². The molecule has 2 heterocycles. The number of H-pyrrole nitrogens is 1. The quantitative estimate of drug-likeness (QED) is 0.707. The van der Waals surface area contributed by atoms with Gasteiger partial charge in [-0.2, -0.15) is 0 Å². The number of carbonyl (C=O) groups is 1. The Labute approximate surface area is 94.4 Å². The zero-order chi connectivity index (χ0) is 11.4. The number of nitrogens with two attached hydrogens (primary N) is 1. The van der Waals surface area contributed by atoms with Crippen LogP contribution in [0.4, 0.5) is 5.69 Å². The molecular formula is C11H17N3O2. The number of hydrogen-bond acceptors (Lipinski definition) is 3. The first-order valence-electron chi connectivity index (χ1n) is 5.55. The van der Waals surface area contributed by atoms with Crippen LogP contribution < -0.4 is 11.1 Å². The lowest BCUT2D eigenvalue weighted by Crippen LogP contribution is -2.32. The molecule has 1 aromatic rings. The van der Waals surface area contributed by atoms with Crippen molar-refractivity contribution in [1.82, 2.24) is 10.3 Å². The van der Waals surface area contributed by atoms with Gasteiger partial charge in [0, 0.05) is 31.6 Å². The first kappa shape index (κ1) is 11.0. The average Bonchev–Trinajstić information content (AvgIpc) is 2.74. The van der Waals surface area contributed by atoms with Crippen LogP contribution in [0.2, 0.25) is 0 Å². The average molecular weight is 223 g/mol. The minimum absolute atomic E-state index is 0.0943. The maximum atomic E-state index is 11.7. The molecule has 0 atom stereocenters. The van der Waals surface area contributed by atoms with Crippen LogP contribution >= 0.6 is 0 Å². The standard InChI is InChI=1S/C11H17N3O2/c12-9-5-10(13-7-9)11(15)14-6-8-1-3-16-4-2-8/h5,7-8,13H,1-4,6,12H2,(H,14,15). The van der Waals surface area contributed by atoms with Gasteiger partial charge in [-0.15, -0.1) is 0 Å². The Kier molecular flexibility index (Phi) is 3.46. The maximum absolute atomic E-state index is 11.7. The van der Waals surface area contributed by atoms with E-state index in [-0.39, 0.29) is 5.91 Å². The summed E-state index contributed by atoms with van der Waals surface area (Å²) in [7, 11) is 0. The first-order chi connectivity index (χ1) is 7.75. The van der Waals surface area contributed by atoms with Crippen LogP contribution in [0.1, 0.15) is 23.3 Å². The number of aromatic amines is 1. The Morgan fingerprint density at radius 3 is 2.94 bits per heavy atom. The highest BCUT2D eigenvalue weighted by atomic mass is 16.5. The molecule has 1 amide bonds. The van der Waals surface area contributed by atoms with Crippen molar-refractivity contribution in [3.8, 4) is 0 Å². The molecular weight excluding hydrogens is 206 g/mol. The number of hydrogen-bond donors (Lipinski definition) is 3. The van der Waals surface area contributed by atoms with Crippen LogP contribution in [0.25, 0.3) is 0 Å². The van der Waals surface area contributed by atoms with Crippen LogP contribution in [0.3, 0.4) is 0 Å². The van der Waals surface area contributed by atoms with E-state index in [1.165, 1.54) is 0 Å². The van der Waals surface area contributed by atoms with Crippen molar-refractivity contribution >= 4 is 11.6 Å². The van der Waals surface area contributed by atoms with Gasteiger partial charge in [0.15, 0.2) is 0 Å². The summed E-state index contributed by atoms with van der Waals surface area (Å²) >= 11 is 0. The smallest absolute Gasteiger partial charge is 0.267 e. The molecule has 2 rings (SSSR count). The summed E-state index contributed by atoms with van der Waals surface area (Å²) in [6.45, 7) is 2.31. The molecule has 1 aromatic heterocycles. The lowest BCUT2D eigenvalue weighted by Gasteiger charge is -2.21. The van der Waals surface area contributed by atoms with Crippen LogP contribution in [0, 0.1) is 5.92 Å². The van der Waals surface area contributed by atoms with Crippen molar-refractivity contribution in [2.24, 2.45) is 5.92 Å². The predicted octanol–water partition coefficient (Wildman–Crippen LogP) is 0.753. The first-order valence-corrected chi connectivity index (χ1v) is 5.55. The van der Waals surface area contributed by atoms with Gasteiger partial charge >= 0.3 is 0 Å². The van der Waals surface area contributed by atoms with Gasteiger partial charge in [-0.25, -0.2) is 0 Å². The van der Waals surface area contributed by atoms with E-state index in [1.54, 1.807) is 12.3 Å². The summed E-state index contributed by atoms with van der Waals surface area (Å²) in [4.78, 5) is 14.5. The largest absolute Gasteiger partial charge is 0.397 e. The predicted molar refractivity (Wildman–Crippen MR) is 61.1 cm³/mol. The van der Waals surface area contributed by atoms with E-state index in [9.17, 15) is 4.79 Å². The lowest BCUT2D eigenvalue weighted by atomic mass is 10.0. The number of aromatic nitrogens is 1. The molecule has 1 fully saturated rings. The SMILES string of the molecule is Nc1c[nH]c(C(=O)NCC2CCOCC2)c1. The molecule has 0 radical (unpaired) electrons. The summed E-state index contributed by atoms with van der Waals surface area (Å²) in [6, 6.07) is 1.64. The molecule has 0 unspecified atom stereocenters. The van der Waals surface area contributed by atoms with E-state index in [1.807, 2.05) is 0 Å². The lowest BCUT2D eigenvalue weighted by molar-refractivity contribution is 0.0642. The summed E-state index contributed by atoms with van der Waals surface area (Å²) in [5.41, 5.74) is 6.63. The molecule has 1 saturated heterocycles. The fourth-order valence-electron chi connectivity index (χ4n) is 1.82. The topological polar surface area (TPSA) is 80.1 Å². The number of anilines is 1. The Morgan fingerprint density at radius 2 is 2.31 bits per heavy atom. The minimum atomic E-state index is -0.0943.